The molecular formula is C20H20N2O2. The third-order valence-electron chi connectivity index (χ3n) is 5.09. The molecule has 2 unspecified atom stereocenters. The van der Waals surface area contributed by atoms with Gasteiger partial charge in [0.15, 0.2) is 0 Å². The van der Waals surface area contributed by atoms with Crippen LogP contribution in [0.3, 0.4) is 0 Å². The number of likely N-dealkylation sites (N-methyl/N-ethyl adjacent to an activating group) is 1. The molecule has 122 valence electrons. The van der Waals surface area contributed by atoms with Crippen LogP contribution in [0.15, 0.2) is 54.6 Å². The Labute approximate surface area is 141 Å². The molecule has 0 aromatic heterocycles. The number of hydrogen-bond acceptors (Lipinski definition) is 2. The highest BCUT2D eigenvalue weighted by molar-refractivity contribution is 5.88. The van der Waals surface area contributed by atoms with Gasteiger partial charge < -0.3 is 9.80 Å². The van der Waals surface area contributed by atoms with Gasteiger partial charge in [-0.25, -0.2) is 0 Å². The van der Waals surface area contributed by atoms with Crippen molar-refractivity contribution in [3.05, 3.63) is 71.3 Å². The highest BCUT2D eigenvalue weighted by Gasteiger charge is 2.41. The van der Waals surface area contributed by atoms with Crippen molar-refractivity contribution in [2.45, 2.75) is 24.9 Å². The highest BCUT2D eigenvalue weighted by Crippen LogP contribution is 2.39. The predicted molar refractivity (Wildman–Crippen MR) is 91.3 cm³/mol. The Kier molecular flexibility index (Phi) is 3.60. The molecule has 2 aliphatic heterocycles. The van der Waals surface area contributed by atoms with E-state index in [1.807, 2.05) is 35.2 Å². The van der Waals surface area contributed by atoms with Crippen LogP contribution in [0.4, 0.5) is 0 Å². The van der Waals surface area contributed by atoms with Crippen molar-refractivity contribution >= 4 is 11.8 Å². The molecule has 0 aliphatic carbocycles. The number of carbonyl (C=O) groups excluding carboxylic acids is 2. The summed E-state index contributed by atoms with van der Waals surface area (Å²) in [6, 6.07) is 18.2. The number of nitrogens with zero attached hydrogens (tertiary/aromatic N) is 2. The van der Waals surface area contributed by atoms with E-state index in [2.05, 4.69) is 24.3 Å². The molecule has 2 amide bonds. The fourth-order valence-corrected chi connectivity index (χ4v) is 3.92. The summed E-state index contributed by atoms with van der Waals surface area (Å²) in [4.78, 5) is 28.7. The van der Waals surface area contributed by atoms with E-state index in [1.54, 1.807) is 11.9 Å². The van der Waals surface area contributed by atoms with Gasteiger partial charge in [-0.1, -0.05) is 54.6 Å². The molecule has 0 radical (unpaired) electrons. The molecule has 0 saturated carbocycles. The minimum Gasteiger partial charge on any atom is -0.336 e. The molecule has 0 N–H and O–H groups in total. The van der Waals surface area contributed by atoms with Crippen LogP contribution >= 0.6 is 0 Å². The molecule has 4 heteroatoms. The Hall–Kier alpha value is -2.62. The lowest BCUT2D eigenvalue weighted by molar-refractivity contribution is -0.136. The largest absolute Gasteiger partial charge is 0.336 e. The monoisotopic (exact) mass is 320 g/mol. The number of rotatable bonds is 1. The van der Waals surface area contributed by atoms with E-state index in [9.17, 15) is 9.59 Å². The molecular weight excluding hydrogens is 300 g/mol. The summed E-state index contributed by atoms with van der Waals surface area (Å²) in [5, 5.41) is 0. The number of carbonyl (C=O) groups is 2. The average Bonchev–Trinajstić information content (AvgIpc) is 2.70. The van der Waals surface area contributed by atoms with Crippen LogP contribution < -0.4 is 0 Å². The van der Waals surface area contributed by atoms with Gasteiger partial charge in [0.2, 0.25) is 11.8 Å². The van der Waals surface area contributed by atoms with E-state index < -0.39 is 0 Å². The lowest BCUT2D eigenvalue weighted by Crippen LogP contribution is -2.48. The van der Waals surface area contributed by atoms with Crippen molar-refractivity contribution in [3.8, 4) is 0 Å². The normalized spacial score (nSPS) is 23.5. The first-order chi connectivity index (χ1) is 11.6. The van der Waals surface area contributed by atoms with E-state index in [4.69, 9.17) is 0 Å². The zero-order valence-electron chi connectivity index (χ0n) is 13.7. The molecule has 2 aromatic rings. The topological polar surface area (TPSA) is 40.6 Å². The zero-order chi connectivity index (χ0) is 16.7. The van der Waals surface area contributed by atoms with Crippen LogP contribution in [-0.2, 0) is 16.0 Å². The molecule has 24 heavy (non-hydrogen) atoms. The van der Waals surface area contributed by atoms with Crippen molar-refractivity contribution in [1.82, 2.24) is 9.80 Å². The van der Waals surface area contributed by atoms with Crippen LogP contribution in [0.1, 0.15) is 29.2 Å². The van der Waals surface area contributed by atoms with E-state index >= 15 is 0 Å². The van der Waals surface area contributed by atoms with Crippen LogP contribution in [0, 0.1) is 0 Å². The van der Waals surface area contributed by atoms with Gasteiger partial charge >= 0.3 is 0 Å². The highest BCUT2D eigenvalue weighted by atomic mass is 16.2. The minimum atomic E-state index is -0.118. The first-order valence-corrected chi connectivity index (χ1v) is 8.33. The fourth-order valence-electron chi connectivity index (χ4n) is 3.92. The smallest absolute Gasteiger partial charge is 0.243 e. The van der Waals surface area contributed by atoms with E-state index in [-0.39, 0.29) is 30.4 Å². The Bertz CT molecular complexity index is 787. The van der Waals surface area contributed by atoms with Crippen LogP contribution in [-0.4, -0.2) is 41.2 Å². The molecule has 1 saturated heterocycles. The molecule has 2 atom stereocenters. The molecule has 4 nitrogen and oxygen atoms in total. The van der Waals surface area contributed by atoms with Crippen molar-refractivity contribution in [2.24, 2.45) is 0 Å². The average molecular weight is 320 g/mol. The van der Waals surface area contributed by atoms with Crippen molar-refractivity contribution < 1.29 is 9.59 Å². The summed E-state index contributed by atoms with van der Waals surface area (Å²) >= 11 is 0. The number of hydrogen-bond donors (Lipinski definition) is 0. The summed E-state index contributed by atoms with van der Waals surface area (Å²) in [5.41, 5.74) is 3.50. The van der Waals surface area contributed by atoms with E-state index in [0.29, 0.717) is 6.42 Å². The summed E-state index contributed by atoms with van der Waals surface area (Å²) in [7, 11) is 1.71. The van der Waals surface area contributed by atoms with Crippen molar-refractivity contribution in [3.63, 3.8) is 0 Å². The SMILES string of the molecule is CN1CC(=O)N2C(CC1=O)Cc1ccccc1C2c1ccccc1. The van der Waals surface area contributed by atoms with Crippen LogP contribution in [0.2, 0.25) is 0 Å². The third kappa shape index (κ3) is 2.39. The number of fused-ring (bicyclic) bond motifs is 2. The van der Waals surface area contributed by atoms with Gasteiger partial charge in [0.25, 0.3) is 0 Å². The quantitative estimate of drug-likeness (QED) is 0.809. The molecule has 2 aromatic carbocycles. The fraction of sp³-hybridized carbons (Fsp3) is 0.300. The van der Waals surface area contributed by atoms with Crippen LogP contribution in [0.5, 0.6) is 0 Å². The Morgan fingerprint density at radius 3 is 2.38 bits per heavy atom. The molecule has 4 rings (SSSR count). The first kappa shape index (κ1) is 14.9. The van der Waals surface area contributed by atoms with Gasteiger partial charge in [0.1, 0.15) is 0 Å². The Morgan fingerprint density at radius 1 is 0.875 bits per heavy atom. The Balaban J connectivity index is 1.87. The maximum atomic E-state index is 12.9. The van der Waals surface area contributed by atoms with Crippen molar-refractivity contribution in [2.75, 3.05) is 13.6 Å². The maximum absolute atomic E-state index is 12.9. The summed E-state index contributed by atoms with van der Waals surface area (Å²) in [5.74, 6) is 0.0683. The number of amides is 2. The second kappa shape index (κ2) is 5.78. The zero-order valence-corrected chi connectivity index (χ0v) is 13.7. The molecule has 2 heterocycles. The van der Waals surface area contributed by atoms with Gasteiger partial charge in [-0.3, -0.25) is 9.59 Å². The van der Waals surface area contributed by atoms with Crippen LogP contribution in [0.25, 0.3) is 0 Å². The van der Waals surface area contributed by atoms with Gasteiger partial charge in [-0.05, 0) is 23.1 Å². The van der Waals surface area contributed by atoms with E-state index in [1.165, 1.54) is 11.1 Å². The standard InChI is InChI=1S/C20H20N2O2/c1-21-13-19(24)22-16(12-18(21)23)11-15-9-5-6-10-17(15)20(22)14-7-3-2-4-8-14/h2-10,16,20H,11-13H2,1H3. The first-order valence-electron chi connectivity index (χ1n) is 8.33. The lowest BCUT2D eigenvalue weighted by atomic mass is 9.84. The van der Waals surface area contributed by atoms with E-state index in [0.717, 1.165) is 12.0 Å². The van der Waals surface area contributed by atoms with Gasteiger partial charge in [0.05, 0.1) is 12.6 Å². The molecule has 0 bridgehead atoms. The second-order valence-corrected chi connectivity index (χ2v) is 6.62. The minimum absolute atomic E-state index is 0.0247. The summed E-state index contributed by atoms with van der Waals surface area (Å²) < 4.78 is 0. The molecule has 1 fully saturated rings. The Morgan fingerprint density at radius 2 is 1.58 bits per heavy atom. The number of benzene rings is 2. The van der Waals surface area contributed by atoms with Gasteiger partial charge in [-0.2, -0.15) is 0 Å². The molecule has 2 aliphatic rings. The molecule has 0 spiro atoms. The summed E-state index contributed by atoms with van der Waals surface area (Å²) in [6.45, 7) is 0.154. The van der Waals surface area contributed by atoms with Gasteiger partial charge in [0, 0.05) is 19.5 Å². The third-order valence-corrected chi connectivity index (χ3v) is 5.09. The summed E-state index contributed by atoms with van der Waals surface area (Å²) in [6.07, 6.45) is 1.13. The van der Waals surface area contributed by atoms with Crippen molar-refractivity contribution in [1.29, 1.82) is 0 Å². The predicted octanol–water partition coefficient (Wildman–Crippen LogP) is 2.39. The second-order valence-electron chi connectivity index (χ2n) is 6.62. The lowest BCUT2D eigenvalue weighted by Gasteiger charge is -2.42. The maximum Gasteiger partial charge on any atom is 0.243 e. The van der Waals surface area contributed by atoms with Gasteiger partial charge in [-0.15, -0.1) is 0 Å².